The lowest BCUT2D eigenvalue weighted by molar-refractivity contribution is -0.110. The van der Waals surface area contributed by atoms with Crippen LogP contribution in [0, 0.1) is 0 Å². The molecule has 13 heavy (non-hydrogen) atoms. The first-order valence-corrected chi connectivity index (χ1v) is 4.52. The molecule has 0 amide bonds. The van der Waals surface area contributed by atoms with E-state index in [4.69, 9.17) is 4.74 Å². The van der Waals surface area contributed by atoms with Gasteiger partial charge in [0.25, 0.3) is 0 Å². The van der Waals surface area contributed by atoms with E-state index in [0.717, 1.165) is 24.0 Å². The van der Waals surface area contributed by atoms with Gasteiger partial charge >= 0.3 is 0 Å². The van der Waals surface area contributed by atoms with E-state index >= 15 is 0 Å². The van der Waals surface area contributed by atoms with Crippen molar-refractivity contribution in [2.45, 2.75) is 25.4 Å². The van der Waals surface area contributed by atoms with Gasteiger partial charge in [-0.1, -0.05) is 18.2 Å². The molecule has 0 bridgehead atoms. The van der Waals surface area contributed by atoms with Gasteiger partial charge in [0.1, 0.15) is 12.0 Å². The number of aldehydes is 1. The number of para-hydroxylation sites is 1. The maximum Gasteiger partial charge on any atom is 0.127 e. The van der Waals surface area contributed by atoms with E-state index in [9.17, 15) is 4.79 Å². The maximum atomic E-state index is 10.8. The molecule has 0 spiro atoms. The summed E-state index contributed by atoms with van der Waals surface area (Å²) in [5.74, 6) is 0.873. The van der Waals surface area contributed by atoms with Crippen molar-refractivity contribution in [2.24, 2.45) is 0 Å². The van der Waals surface area contributed by atoms with Crippen molar-refractivity contribution in [3.8, 4) is 5.75 Å². The summed E-state index contributed by atoms with van der Waals surface area (Å²) in [6, 6.07) is 7.75. The Morgan fingerprint density at radius 3 is 3.00 bits per heavy atom. The zero-order valence-corrected chi connectivity index (χ0v) is 7.57. The number of ether oxygens (including phenoxy) is 1. The van der Waals surface area contributed by atoms with Crippen LogP contribution in [0.5, 0.6) is 5.75 Å². The second kappa shape index (κ2) is 3.21. The van der Waals surface area contributed by atoms with Crippen molar-refractivity contribution in [3.05, 3.63) is 29.8 Å². The van der Waals surface area contributed by atoms with Crippen molar-refractivity contribution in [1.82, 2.24) is 0 Å². The van der Waals surface area contributed by atoms with Gasteiger partial charge in [-0.25, -0.2) is 0 Å². The first-order chi connectivity index (χ1) is 6.31. The molecule has 1 aliphatic rings. The zero-order valence-electron chi connectivity index (χ0n) is 7.57. The Hall–Kier alpha value is -1.31. The molecule has 0 fully saturated rings. The van der Waals surface area contributed by atoms with Gasteiger partial charge in [-0.2, -0.15) is 0 Å². The smallest absolute Gasteiger partial charge is 0.127 e. The van der Waals surface area contributed by atoms with E-state index in [0.29, 0.717) is 0 Å². The van der Waals surface area contributed by atoms with Gasteiger partial charge < -0.3 is 9.53 Å². The van der Waals surface area contributed by atoms with Crippen LogP contribution in [0.15, 0.2) is 24.3 Å². The van der Waals surface area contributed by atoms with E-state index in [-0.39, 0.29) is 12.0 Å². The monoisotopic (exact) mass is 176 g/mol. The highest BCUT2D eigenvalue weighted by Crippen LogP contribution is 2.34. The van der Waals surface area contributed by atoms with Crippen LogP contribution < -0.4 is 4.74 Å². The molecule has 2 heteroatoms. The fourth-order valence-electron chi connectivity index (χ4n) is 1.77. The molecular formula is C11H12O2. The van der Waals surface area contributed by atoms with Gasteiger partial charge in [0.15, 0.2) is 0 Å². The Morgan fingerprint density at radius 1 is 1.46 bits per heavy atom. The SMILES string of the molecule is CC1CC(C=O)c2ccccc2O1. The molecule has 2 atom stereocenters. The van der Waals surface area contributed by atoms with Gasteiger partial charge in [0, 0.05) is 11.5 Å². The largest absolute Gasteiger partial charge is 0.490 e. The number of benzene rings is 1. The standard InChI is InChI=1S/C11H12O2/c1-8-6-9(7-12)10-4-2-3-5-11(10)13-8/h2-5,7-9H,6H2,1H3. The average Bonchev–Trinajstić information content (AvgIpc) is 2.16. The van der Waals surface area contributed by atoms with Crippen molar-refractivity contribution in [1.29, 1.82) is 0 Å². The molecule has 2 unspecified atom stereocenters. The fraction of sp³-hybridized carbons (Fsp3) is 0.364. The van der Waals surface area contributed by atoms with Gasteiger partial charge in [-0.15, -0.1) is 0 Å². The van der Waals surface area contributed by atoms with Crippen LogP contribution in [0.3, 0.4) is 0 Å². The van der Waals surface area contributed by atoms with Crippen molar-refractivity contribution in [2.75, 3.05) is 0 Å². The summed E-state index contributed by atoms with van der Waals surface area (Å²) >= 11 is 0. The second-order valence-electron chi connectivity index (χ2n) is 3.44. The van der Waals surface area contributed by atoms with Crippen LogP contribution >= 0.6 is 0 Å². The predicted molar refractivity (Wildman–Crippen MR) is 50.0 cm³/mol. The first kappa shape index (κ1) is 8.30. The number of carbonyl (C=O) groups excluding carboxylic acids is 1. The normalized spacial score (nSPS) is 25.9. The van der Waals surface area contributed by atoms with Gasteiger partial charge in [0.2, 0.25) is 0 Å². The molecule has 1 aliphatic heterocycles. The summed E-state index contributed by atoms with van der Waals surface area (Å²) in [5, 5.41) is 0. The lowest BCUT2D eigenvalue weighted by atomic mass is 9.92. The minimum absolute atomic E-state index is 0.0138. The zero-order chi connectivity index (χ0) is 9.26. The number of hydrogen-bond donors (Lipinski definition) is 0. The van der Waals surface area contributed by atoms with E-state index in [2.05, 4.69) is 0 Å². The Labute approximate surface area is 77.5 Å². The summed E-state index contributed by atoms with van der Waals surface area (Å²) in [6.45, 7) is 1.99. The summed E-state index contributed by atoms with van der Waals surface area (Å²) < 4.78 is 5.60. The number of fused-ring (bicyclic) bond motifs is 1. The van der Waals surface area contributed by atoms with Gasteiger partial charge in [-0.05, 0) is 19.4 Å². The third kappa shape index (κ3) is 1.44. The van der Waals surface area contributed by atoms with Crippen LogP contribution in [-0.4, -0.2) is 12.4 Å². The minimum atomic E-state index is 0.0138. The van der Waals surface area contributed by atoms with E-state index < -0.39 is 0 Å². The molecule has 0 N–H and O–H groups in total. The van der Waals surface area contributed by atoms with E-state index in [1.807, 2.05) is 31.2 Å². The lowest BCUT2D eigenvalue weighted by Crippen LogP contribution is -2.23. The molecule has 0 aliphatic carbocycles. The molecule has 0 aromatic heterocycles. The molecule has 1 aromatic rings. The van der Waals surface area contributed by atoms with Crippen molar-refractivity contribution < 1.29 is 9.53 Å². The fourth-order valence-corrected chi connectivity index (χ4v) is 1.77. The number of hydrogen-bond acceptors (Lipinski definition) is 2. The molecule has 0 saturated carbocycles. The lowest BCUT2D eigenvalue weighted by Gasteiger charge is -2.27. The van der Waals surface area contributed by atoms with Crippen molar-refractivity contribution >= 4 is 6.29 Å². The number of rotatable bonds is 1. The Balaban J connectivity index is 2.42. The minimum Gasteiger partial charge on any atom is -0.490 e. The second-order valence-corrected chi connectivity index (χ2v) is 3.44. The molecule has 68 valence electrons. The average molecular weight is 176 g/mol. The highest BCUT2D eigenvalue weighted by atomic mass is 16.5. The van der Waals surface area contributed by atoms with Crippen molar-refractivity contribution in [3.63, 3.8) is 0 Å². The third-order valence-corrected chi connectivity index (χ3v) is 2.40. The van der Waals surface area contributed by atoms with Crippen LogP contribution in [-0.2, 0) is 4.79 Å². The van der Waals surface area contributed by atoms with Crippen LogP contribution in [0.25, 0.3) is 0 Å². The molecule has 2 rings (SSSR count). The summed E-state index contributed by atoms with van der Waals surface area (Å²) in [7, 11) is 0. The molecule has 1 heterocycles. The number of carbonyl (C=O) groups is 1. The highest BCUT2D eigenvalue weighted by Gasteiger charge is 2.24. The molecule has 2 nitrogen and oxygen atoms in total. The Bertz CT molecular complexity index is 320. The first-order valence-electron chi connectivity index (χ1n) is 4.52. The van der Waals surface area contributed by atoms with Gasteiger partial charge in [-0.3, -0.25) is 0 Å². The quantitative estimate of drug-likeness (QED) is 0.613. The van der Waals surface area contributed by atoms with Crippen LogP contribution in [0.1, 0.15) is 24.8 Å². The van der Waals surface area contributed by atoms with Crippen LogP contribution in [0.2, 0.25) is 0 Å². The summed E-state index contributed by atoms with van der Waals surface area (Å²) in [6.07, 6.45) is 1.95. The highest BCUT2D eigenvalue weighted by molar-refractivity contribution is 5.65. The Morgan fingerprint density at radius 2 is 2.23 bits per heavy atom. The summed E-state index contributed by atoms with van der Waals surface area (Å²) in [4.78, 5) is 10.8. The molecule has 1 aromatic carbocycles. The topological polar surface area (TPSA) is 26.3 Å². The van der Waals surface area contributed by atoms with E-state index in [1.165, 1.54) is 0 Å². The molecular weight excluding hydrogens is 164 g/mol. The maximum absolute atomic E-state index is 10.8. The van der Waals surface area contributed by atoms with Gasteiger partial charge in [0.05, 0.1) is 6.10 Å². The summed E-state index contributed by atoms with van der Waals surface area (Å²) in [5.41, 5.74) is 1.02. The van der Waals surface area contributed by atoms with Crippen LogP contribution in [0.4, 0.5) is 0 Å². The molecule has 0 radical (unpaired) electrons. The van der Waals surface area contributed by atoms with E-state index in [1.54, 1.807) is 0 Å². The Kier molecular flexibility index (Phi) is 2.05. The molecule has 0 saturated heterocycles. The predicted octanol–water partition coefficient (Wildman–Crippen LogP) is 2.14. The third-order valence-electron chi connectivity index (χ3n) is 2.40.